The van der Waals surface area contributed by atoms with Crippen LogP contribution < -0.4 is 4.90 Å². The van der Waals surface area contributed by atoms with Gasteiger partial charge >= 0.3 is 0 Å². The lowest BCUT2D eigenvalue weighted by molar-refractivity contribution is -0.115. The number of aromatic nitrogens is 2. The number of nitrogens with zero attached hydrogens (tertiary/aromatic N) is 3. The lowest BCUT2D eigenvalue weighted by Crippen LogP contribution is -2.24. The van der Waals surface area contributed by atoms with Gasteiger partial charge in [0.05, 0.1) is 12.2 Å². The van der Waals surface area contributed by atoms with Gasteiger partial charge < -0.3 is 4.90 Å². The lowest BCUT2D eigenvalue weighted by Gasteiger charge is -2.15. The Morgan fingerprint density at radius 1 is 1.21 bits per heavy atom. The maximum absolute atomic E-state index is 13.6. The molecule has 0 saturated carbocycles. The Morgan fingerprint density at radius 2 is 1.95 bits per heavy atom. The van der Waals surface area contributed by atoms with E-state index >= 15 is 0 Å². The number of ketones is 1. The third kappa shape index (κ3) is 3.13. The SMILES string of the molecule is CC(=O)CN(C)c1ccc(-c2ccccc2F)nn1. The molecule has 0 aliphatic carbocycles. The summed E-state index contributed by atoms with van der Waals surface area (Å²) in [5.74, 6) is 0.291. The molecule has 0 amide bonds. The molecule has 0 spiro atoms. The van der Waals surface area contributed by atoms with Gasteiger partial charge in [-0.1, -0.05) is 12.1 Å². The number of hydrogen-bond donors (Lipinski definition) is 0. The summed E-state index contributed by atoms with van der Waals surface area (Å²) in [6, 6.07) is 9.82. The van der Waals surface area contributed by atoms with Crippen molar-refractivity contribution in [2.24, 2.45) is 0 Å². The molecule has 19 heavy (non-hydrogen) atoms. The maximum Gasteiger partial charge on any atom is 0.151 e. The number of hydrogen-bond acceptors (Lipinski definition) is 4. The normalized spacial score (nSPS) is 10.3. The second-order valence-electron chi connectivity index (χ2n) is 4.31. The number of Topliss-reactive ketones (excluding diaryl/α,β-unsaturated/α-hetero) is 1. The number of rotatable bonds is 4. The molecule has 0 unspecified atom stereocenters. The number of anilines is 1. The Balaban J connectivity index is 2.24. The van der Waals surface area contributed by atoms with Crippen LogP contribution in [0, 0.1) is 5.82 Å². The van der Waals surface area contributed by atoms with E-state index in [1.807, 2.05) is 0 Å². The Labute approximate surface area is 110 Å². The van der Waals surface area contributed by atoms with Crippen LogP contribution in [-0.4, -0.2) is 29.6 Å². The Morgan fingerprint density at radius 3 is 2.53 bits per heavy atom. The highest BCUT2D eigenvalue weighted by molar-refractivity contribution is 5.80. The van der Waals surface area contributed by atoms with Gasteiger partial charge in [-0.2, -0.15) is 0 Å². The van der Waals surface area contributed by atoms with E-state index < -0.39 is 0 Å². The maximum atomic E-state index is 13.6. The molecule has 0 atom stereocenters. The van der Waals surface area contributed by atoms with Crippen LogP contribution in [0.15, 0.2) is 36.4 Å². The summed E-state index contributed by atoms with van der Waals surface area (Å²) in [5, 5.41) is 8.00. The van der Waals surface area contributed by atoms with Crippen LogP contribution >= 0.6 is 0 Å². The summed E-state index contributed by atoms with van der Waals surface area (Å²) in [6.45, 7) is 1.78. The molecular weight excluding hydrogens is 245 g/mol. The van der Waals surface area contributed by atoms with Crippen LogP contribution in [0.4, 0.5) is 10.2 Å². The molecule has 0 aliphatic rings. The van der Waals surface area contributed by atoms with E-state index in [2.05, 4.69) is 10.2 Å². The number of halogens is 1. The highest BCUT2D eigenvalue weighted by Gasteiger charge is 2.09. The first-order chi connectivity index (χ1) is 9.08. The minimum Gasteiger partial charge on any atom is -0.351 e. The highest BCUT2D eigenvalue weighted by atomic mass is 19.1. The average molecular weight is 259 g/mol. The molecule has 0 saturated heterocycles. The van der Waals surface area contributed by atoms with Gasteiger partial charge in [-0.3, -0.25) is 4.79 Å². The van der Waals surface area contributed by atoms with Crippen LogP contribution in [0.2, 0.25) is 0 Å². The van der Waals surface area contributed by atoms with Crippen LogP contribution in [0.25, 0.3) is 11.3 Å². The topological polar surface area (TPSA) is 46.1 Å². The minimum absolute atomic E-state index is 0.0440. The molecule has 0 aliphatic heterocycles. The Kier molecular flexibility index (Phi) is 3.85. The van der Waals surface area contributed by atoms with Gasteiger partial charge in [0.15, 0.2) is 5.82 Å². The van der Waals surface area contributed by atoms with Gasteiger partial charge in [0.1, 0.15) is 11.6 Å². The van der Waals surface area contributed by atoms with Gasteiger partial charge in [0.2, 0.25) is 0 Å². The average Bonchev–Trinajstić information content (AvgIpc) is 2.39. The van der Waals surface area contributed by atoms with Gasteiger partial charge in [0.25, 0.3) is 0 Å². The first kappa shape index (κ1) is 13.1. The van der Waals surface area contributed by atoms with Crippen molar-refractivity contribution in [3.05, 3.63) is 42.2 Å². The first-order valence-electron chi connectivity index (χ1n) is 5.87. The Bertz CT molecular complexity index is 583. The van der Waals surface area contributed by atoms with E-state index in [0.717, 1.165) is 0 Å². The van der Waals surface area contributed by atoms with E-state index in [1.54, 1.807) is 42.3 Å². The monoisotopic (exact) mass is 259 g/mol. The molecule has 2 aromatic rings. The first-order valence-corrected chi connectivity index (χ1v) is 5.87. The van der Waals surface area contributed by atoms with Crippen LogP contribution in [0.5, 0.6) is 0 Å². The molecule has 1 aromatic carbocycles. The summed E-state index contributed by atoms with van der Waals surface area (Å²) in [7, 11) is 1.76. The van der Waals surface area contributed by atoms with Crippen molar-refractivity contribution in [1.29, 1.82) is 0 Å². The fourth-order valence-corrected chi connectivity index (χ4v) is 1.76. The molecule has 98 valence electrons. The predicted molar refractivity (Wildman–Crippen MR) is 71.4 cm³/mol. The third-order valence-corrected chi connectivity index (χ3v) is 2.65. The van der Waals surface area contributed by atoms with Crippen molar-refractivity contribution in [1.82, 2.24) is 10.2 Å². The molecule has 0 radical (unpaired) electrons. The van der Waals surface area contributed by atoms with Crippen molar-refractivity contribution in [3.8, 4) is 11.3 Å². The molecule has 0 fully saturated rings. The second-order valence-corrected chi connectivity index (χ2v) is 4.31. The molecule has 2 rings (SSSR count). The van der Waals surface area contributed by atoms with Gasteiger partial charge in [-0.05, 0) is 31.2 Å². The van der Waals surface area contributed by atoms with E-state index in [1.165, 1.54) is 13.0 Å². The van der Waals surface area contributed by atoms with Crippen LogP contribution in [0.3, 0.4) is 0 Å². The molecule has 1 aromatic heterocycles. The number of carbonyl (C=O) groups excluding carboxylic acids is 1. The van der Waals surface area contributed by atoms with Crippen molar-refractivity contribution in [3.63, 3.8) is 0 Å². The zero-order chi connectivity index (χ0) is 13.8. The quantitative estimate of drug-likeness (QED) is 0.845. The zero-order valence-corrected chi connectivity index (χ0v) is 10.8. The predicted octanol–water partition coefficient (Wildman–Crippen LogP) is 2.31. The summed E-state index contributed by atoms with van der Waals surface area (Å²) in [6.07, 6.45) is 0. The van der Waals surface area contributed by atoms with Crippen LogP contribution in [-0.2, 0) is 4.79 Å². The van der Waals surface area contributed by atoms with E-state index in [0.29, 0.717) is 17.1 Å². The van der Waals surface area contributed by atoms with Gasteiger partial charge in [-0.15, -0.1) is 10.2 Å². The minimum atomic E-state index is -0.332. The smallest absolute Gasteiger partial charge is 0.151 e. The molecular formula is C14H14FN3O. The highest BCUT2D eigenvalue weighted by Crippen LogP contribution is 2.20. The molecule has 0 bridgehead atoms. The van der Waals surface area contributed by atoms with Crippen molar-refractivity contribution < 1.29 is 9.18 Å². The third-order valence-electron chi connectivity index (χ3n) is 2.65. The van der Waals surface area contributed by atoms with Crippen molar-refractivity contribution in [2.75, 3.05) is 18.5 Å². The van der Waals surface area contributed by atoms with E-state index in [-0.39, 0.29) is 18.1 Å². The van der Waals surface area contributed by atoms with E-state index in [4.69, 9.17) is 0 Å². The summed E-state index contributed by atoms with van der Waals surface area (Å²) < 4.78 is 13.6. The molecule has 5 heteroatoms. The fourth-order valence-electron chi connectivity index (χ4n) is 1.76. The number of carbonyl (C=O) groups is 1. The lowest BCUT2D eigenvalue weighted by atomic mass is 10.1. The largest absolute Gasteiger partial charge is 0.351 e. The molecule has 1 heterocycles. The van der Waals surface area contributed by atoms with E-state index in [9.17, 15) is 9.18 Å². The molecule has 4 nitrogen and oxygen atoms in total. The van der Waals surface area contributed by atoms with Crippen molar-refractivity contribution in [2.45, 2.75) is 6.92 Å². The number of benzene rings is 1. The second kappa shape index (κ2) is 5.56. The van der Waals surface area contributed by atoms with Gasteiger partial charge in [-0.25, -0.2) is 4.39 Å². The molecule has 0 N–H and O–H groups in total. The zero-order valence-electron chi connectivity index (χ0n) is 10.8. The van der Waals surface area contributed by atoms with Gasteiger partial charge in [0, 0.05) is 12.6 Å². The summed E-state index contributed by atoms with van der Waals surface area (Å²) >= 11 is 0. The summed E-state index contributed by atoms with van der Waals surface area (Å²) in [5.41, 5.74) is 0.883. The van der Waals surface area contributed by atoms with Crippen LogP contribution in [0.1, 0.15) is 6.92 Å². The fraction of sp³-hybridized carbons (Fsp3) is 0.214. The Hall–Kier alpha value is -2.30. The summed E-state index contributed by atoms with van der Waals surface area (Å²) in [4.78, 5) is 12.7. The number of likely N-dealkylation sites (N-methyl/N-ethyl adjacent to an activating group) is 1. The standard InChI is InChI=1S/C14H14FN3O/c1-10(19)9-18(2)14-8-7-13(16-17-14)11-5-3-4-6-12(11)15/h3-8H,9H2,1-2H3. The van der Waals surface area contributed by atoms with Crippen molar-refractivity contribution >= 4 is 11.6 Å².